The predicted octanol–water partition coefficient (Wildman–Crippen LogP) is 1.84. The quantitative estimate of drug-likeness (QED) is 0.900. The first-order valence-corrected chi connectivity index (χ1v) is 6.99. The van der Waals surface area contributed by atoms with Crippen molar-refractivity contribution in [3.05, 3.63) is 65.7 Å². The van der Waals surface area contributed by atoms with E-state index in [1.54, 1.807) is 24.3 Å². The maximum atomic E-state index is 12.0. The normalized spacial score (nSPS) is 17.7. The first-order chi connectivity index (χ1) is 10.2. The molecule has 108 valence electrons. The number of ether oxygens (including phenoxy) is 1. The van der Waals surface area contributed by atoms with Crippen LogP contribution >= 0.6 is 0 Å². The van der Waals surface area contributed by atoms with Crippen LogP contribution in [0, 0.1) is 0 Å². The summed E-state index contributed by atoms with van der Waals surface area (Å²) in [5.41, 5.74) is 1.74. The van der Waals surface area contributed by atoms with E-state index >= 15 is 0 Å². The second-order valence-corrected chi connectivity index (χ2v) is 5.11. The van der Waals surface area contributed by atoms with Gasteiger partial charge in [0.15, 0.2) is 6.10 Å². The lowest BCUT2D eigenvalue weighted by atomic mass is 10.1. The molecular formula is C17H17NO3. The zero-order valence-corrected chi connectivity index (χ0v) is 11.5. The summed E-state index contributed by atoms with van der Waals surface area (Å²) in [6, 6.07) is 16.7. The van der Waals surface area contributed by atoms with Crippen molar-refractivity contribution >= 4 is 5.91 Å². The molecule has 1 heterocycles. The van der Waals surface area contributed by atoms with Crippen LogP contribution < -0.4 is 10.1 Å². The van der Waals surface area contributed by atoms with E-state index < -0.39 is 12.0 Å². The zero-order chi connectivity index (χ0) is 14.7. The van der Waals surface area contributed by atoms with Crippen molar-refractivity contribution in [3.8, 4) is 5.75 Å². The van der Waals surface area contributed by atoms with E-state index in [0.29, 0.717) is 12.1 Å². The van der Waals surface area contributed by atoms with Gasteiger partial charge in [0.05, 0.1) is 6.54 Å². The lowest BCUT2D eigenvalue weighted by molar-refractivity contribution is -0.129. The first-order valence-electron chi connectivity index (χ1n) is 6.99. The first kappa shape index (κ1) is 13.6. The molecule has 3 rings (SSSR count). The molecule has 2 aromatic carbocycles. The highest BCUT2D eigenvalue weighted by Gasteiger charge is 2.24. The van der Waals surface area contributed by atoms with Gasteiger partial charge >= 0.3 is 0 Å². The number of aliphatic hydroxyl groups excluding tert-OH is 1. The Labute approximate surface area is 123 Å². The maximum Gasteiger partial charge on any atom is 0.253 e. The van der Waals surface area contributed by atoms with E-state index in [-0.39, 0.29) is 6.10 Å². The van der Waals surface area contributed by atoms with Gasteiger partial charge in [-0.3, -0.25) is 4.79 Å². The van der Waals surface area contributed by atoms with Crippen LogP contribution in [0.4, 0.5) is 0 Å². The van der Waals surface area contributed by atoms with Crippen LogP contribution in [0.15, 0.2) is 54.6 Å². The van der Waals surface area contributed by atoms with Crippen LogP contribution in [-0.4, -0.2) is 23.7 Å². The Bertz CT molecular complexity index is 602. The highest BCUT2D eigenvalue weighted by Crippen LogP contribution is 2.27. The van der Waals surface area contributed by atoms with Crippen LogP contribution in [0.5, 0.6) is 5.75 Å². The molecule has 1 amide bonds. The third kappa shape index (κ3) is 3.06. The summed E-state index contributed by atoms with van der Waals surface area (Å²) in [6.45, 7) is 0.386. The summed E-state index contributed by atoms with van der Waals surface area (Å²) < 4.78 is 5.75. The monoisotopic (exact) mass is 283 g/mol. The van der Waals surface area contributed by atoms with Crippen molar-refractivity contribution in [1.82, 2.24) is 5.32 Å². The summed E-state index contributed by atoms with van der Waals surface area (Å²) in [4.78, 5) is 12.0. The van der Waals surface area contributed by atoms with Gasteiger partial charge in [-0.2, -0.15) is 0 Å². The predicted molar refractivity (Wildman–Crippen MR) is 79.0 cm³/mol. The van der Waals surface area contributed by atoms with Crippen LogP contribution in [-0.2, 0) is 11.2 Å². The molecule has 0 aliphatic carbocycles. The van der Waals surface area contributed by atoms with Crippen molar-refractivity contribution in [2.24, 2.45) is 0 Å². The molecule has 0 saturated carbocycles. The zero-order valence-electron chi connectivity index (χ0n) is 11.5. The molecule has 2 atom stereocenters. The summed E-state index contributed by atoms with van der Waals surface area (Å²) in [5, 5.41) is 12.7. The number of fused-ring (bicyclic) bond motifs is 1. The SMILES string of the molecule is O=C(NCC1Cc2ccccc2O1)C(O)c1ccccc1. The van der Waals surface area contributed by atoms with Gasteiger partial charge in [-0.1, -0.05) is 48.5 Å². The number of rotatable bonds is 4. The lowest BCUT2D eigenvalue weighted by Gasteiger charge is -2.15. The molecule has 2 aromatic rings. The minimum absolute atomic E-state index is 0.0747. The number of carbonyl (C=O) groups is 1. The molecule has 0 radical (unpaired) electrons. The van der Waals surface area contributed by atoms with E-state index in [9.17, 15) is 9.90 Å². The third-order valence-electron chi connectivity index (χ3n) is 3.58. The average Bonchev–Trinajstić information content (AvgIpc) is 2.95. The van der Waals surface area contributed by atoms with E-state index in [0.717, 1.165) is 17.7 Å². The van der Waals surface area contributed by atoms with Crippen molar-refractivity contribution in [3.63, 3.8) is 0 Å². The van der Waals surface area contributed by atoms with E-state index in [2.05, 4.69) is 5.32 Å². The van der Waals surface area contributed by atoms with Gasteiger partial charge in [0.1, 0.15) is 11.9 Å². The fourth-order valence-electron chi connectivity index (χ4n) is 2.47. The number of nitrogens with one attached hydrogen (secondary N) is 1. The lowest BCUT2D eigenvalue weighted by Crippen LogP contribution is -2.37. The van der Waals surface area contributed by atoms with Crippen molar-refractivity contribution in [2.45, 2.75) is 18.6 Å². The van der Waals surface area contributed by atoms with Gasteiger partial charge in [0, 0.05) is 6.42 Å². The molecule has 0 bridgehead atoms. The van der Waals surface area contributed by atoms with E-state index in [4.69, 9.17) is 4.74 Å². The highest BCUT2D eigenvalue weighted by atomic mass is 16.5. The molecule has 0 aromatic heterocycles. The summed E-state index contributed by atoms with van der Waals surface area (Å²) >= 11 is 0. The number of aliphatic hydroxyl groups is 1. The van der Waals surface area contributed by atoms with Crippen LogP contribution in [0.3, 0.4) is 0 Å². The fraction of sp³-hybridized carbons (Fsp3) is 0.235. The van der Waals surface area contributed by atoms with Gasteiger partial charge in [-0.25, -0.2) is 0 Å². The molecule has 1 aliphatic heterocycles. The Balaban J connectivity index is 1.53. The minimum atomic E-state index is -1.14. The van der Waals surface area contributed by atoms with Crippen molar-refractivity contribution in [2.75, 3.05) is 6.54 Å². The van der Waals surface area contributed by atoms with Gasteiger partial charge in [-0.05, 0) is 17.2 Å². The van der Waals surface area contributed by atoms with Gasteiger partial charge < -0.3 is 15.2 Å². The second kappa shape index (κ2) is 5.97. The molecule has 1 aliphatic rings. The van der Waals surface area contributed by atoms with Gasteiger partial charge in [0.2, 0.25) is 0 Å². The number of amides is 1. The summed E-state index contributed by atoms with van der Waals surface area (Å²) in [7, 11) is 0. The summed E-state index contributed by atoms with van der Waals surface area (Å²) in [5.74, 6) is 0.473. The Morgan fingerprint density at radius 3 is 2.67 bits per heavy atom. The largest absolute Gasteiger partial charge is 0.488 e. The number of hydrogen-bond acceptors (Lipinski definition) is 3. The minimum Gasteiger partial charge on any atom is -0.488 e. The van der Waals surface area contributed by atoms with Crippen LogP contribution in [0.1, 0.15) is 17.2 Å². The Morgan fingerprint density at radius 2 is 1.90 bits per heavy atom. The van der Waals surface area contributed by atoms with Crippen molar-refractivity contribution < 1.29 is 14.6 Å². The second-order valence-electron chi connectivity index (χ2n) is 5.11. The molecule has 0 fully saturated rings. The number of benzene rings is 2. The maximum absolute atomic E-state index is 12.0. The Morgan fingerprint density at radius 1 is 1.19 bits per heavy atom. The molecule has 0 spiro atoms. The average molecular weight is 283 g/mol. The number of para-hydroxylation sites is 1. The smallest absolute Gasteiger partial charge is 0.253 e. The Hall–Kier alpha value is -2.33. The summed E-state index contributed by atoms with van der Waals surface area (Å²) in [6.07, 6.45) is -0.443. The molecule has 4 nitrogen and oxygen atoms in total. The molecule has 4 heteroatoms. The molecular weight excluding hydrogens is 266 g/mol. The fourth-order valence-corrected chi connectivity index (χ4v) is 2.47. The van der Waals surface area contributed by atoms with Crippen molar-refractivity contribution in [1.29, 1.82) is 0 Å². The van der Waals surface area contributed by atoms with E-state index in [1.165, 1.54) is 0 Å². The highest BCUT2D eigenvalue weighted by molar-refractivity contribution is 5.81. The third-order valence-corrected chi connectivity index (χ3v) is 3.58. The van der Waals surface area contributed by atoms with Crippen LogP contribution in [0.25, 0.3) is 0 Å². The number of hydrogen-bond donors (Lipinski definition) is 2. The van der Waals surface area contributed by atoms with E-state index in [1.807, 2.05) is 30.3 Å². The topological polar surface area (TPSA) is 58.6 Å². The molecule has 2 N–H and O–H groups in total. The molecule has 21 heavy (non-hydrogen) atoms. The molecule has 0 saturated heterocycles. The Kier molecular flexibility index (Phi) is 3.88. The van der Waals surface area contributed by atoms with Gasteiger partial charge in [0.25, 0.3) is 5.91 Å². The van der Waals surface area contributed by atoms with Gasteiger partial charge in [-0.15, -0.1) is 0 Å². The molecule has 2 unspecified atom stereocenters. The standard InChI is InChI=1S/C17H17NO3/c19-16(12-6-2-1-3-7-12)17(20)18-11-14-10-13-8-4-5-9-15(13)21-14/h1-9,14,16,19H,10-11H2,(H,18,20). The van der Waals surface area contributed by atoms with Crippen LogP contribution in [0.2, 0.25) is 0 Å². The number of carbonyl (C=O) groups excluding carboxylic acids is 1.